The predicted molar refractivity (Wildman–Crippen MR) is 97.6 cm³/mol. The van der Waals surface area contributed by atoms with E-state index in [2.05, 4.69) is 10.6 Å². The van der Waals surface area contributed by atoms with Crippen molar-refractivity contribution in [3.05, 3.63) is 52.5 Å². The van der Waals surface area contributed by atoms with Gasteiger partial charge in [-0.25, -0.2) is 4.79 Å². The molecule has 2 rings (SSSR count). The first-order valence-corrected chi connectivity index (χ1v) is 7.89. The zero-order valence-electron chi connectivity index (χ0n) is 14.2. The molecule has 0 saturated heterocycles. The van der Waals surface area contributed by atoms with E-state index in [1.54, 1.807) is 43.3 Å². The molecule has 0 radical (unpaired) electrons. The predicted octanol–water partition coefficient (Wildman–Crippen LogP) is 3.49. The highest BCUT2D eigenvalue weighted by Gasteiger charge is 2.13. The monoisotopic (exact) mass is 362 g/mol. The first-order valence-electron chi connectivity index (χ1n) is 7.51. The van der Waals surface area contributed by atoms with E-state index in [0.717, 1.165) is 0 Å². The quantitative estimate of drug-likeness (QED) is 0.769. The summed E-state index contributed by atoms with van der Waals surface area (Å²) in [6, 6.07) is 10.1. The Hall–Kier alpha value is -2.73. The number of rotatable bonds is 6. The molecule has 2 aromatic carbocycles. The van der Waals surface area contributed by atoms with Crippen LogP contribution in [0.2, 0.25) is 5.02 Å². The number of esters is 1. The molecule has 0 fully saturated rings. The molecule has 0 saturated carbocycles. The molecule has 0 unspecified atom stereocenters. The van der Waals surface area contributed by atoms with Crippen molar-refractivity contribution in [1.29, 1.82) is 0 Å². The Bertz CT molecular complexity index is 793. The van der Waals surface area contributed by atoms with Crippen LogP contribution in [-0.2, 0) is 9.53 Å². The summed E-state index contributed by atoms with van der Waals surface area (Å²) in [4.78, 5) is 23.9. The van der Waals surface area contributed by atoms with Crippen LogP contribution in [0.1, 0.15) is 15.9 Å². The molecule has 0 atom stereocenters. The summed E-state index contributed by atoms with van der Waals surface area (Å²) in [5.74, 6) is -0.181. The van der Waals surface area contributed by atoms with E-state index in [9.17, 15) is 9.59 Å². The molecule has 25 heavy (non-hydrogen) atoms. The second-order valence-corrected chi connectivity index (χ2v) is 5.65. The molecule has 2 N–H and O–H groups in total. The molecule has 7 heteroatoms. The number of hydrogen-bond acceptors (Lipinski definition) is 5. The highest BCUT2D eigenvalue weighted by Crippen LogP contribution is 2.27. The molecule has 0 aliphatic rings. The van der Waals surface area contributed by atoms with Gasteiger partial charge in [0.2, 0.25) is 5.91 Å². The average molecular weight is 363 g/mol. The third-order valence-corrected chi connectivity index (χ3v) is 3.85. The average Bonchev–Trinajstić information content (AvgIpc) is 2.60. The largest absolute Gasteiger partial charge is 0.495 e. The van der Waals surface area contributed by atoms with E-state index in [-0.39, 0.29) is 12.5 Å². The number of amides is 1. The van der Waals surface area contributed by atoms with E-state index < -0.39 is 5.97 Å². The molecule has 0 aliphatic heterocycles. The normalized spacial score (nSPS) is 10.1. The van der Waals surface area contributed by atoms with Crippen LogP contribution in [-0.4, -0.2) is 32.6 Å². The number of methoxy groups -OCH3 is 2. The van der Waals surface area contributed by atoms with Crippen LogP contribution in [0.3, 0.4) is 0 Å². The lowest BCUT2D eigenvalue weighted by Crippen LogP contribution is -2.22. The summed E-state index contributed by atoms with van der Waals surface area (Å²) in [5.41, 5.74) is 2.32. The van der Waals surface area contributed by atoms with E-state index in [4.69, 9.17) is 21.1 Å². The van der Waals surface area contributed by atoms with Gasteiger partial charge in [-0.05, 0) is 42.8 Å². The van der Waals surface area contributed by atoms with E-state index >= 15 is 0 Å². The topological polar surface area (TPSA) is 76.7 Å². The molecule has 132 valence electrons. The van der Waals surface area contributed by atoms with Gasteiger partial charge in [-0.3, -0.25) is 4.79 Å². The van der Waals surface area contributed by atoms with Gasteiger partial charge in [-0.1, -0.05) is 17.7 Å². The zero-order chi connectivity index (χ0) is 18.4. The van der Waals surface area contributed by atoms with Crippen molar-refractivity contribution >= 4 is 34.9 Å². The van der Waals surface area contributed by atoms with Crippen LogP contribution in [0.25, 0.3) is 0 Å². The molecule has 6 nitrogen and oxygen atoms in total. The minimum Gasteiger partial charge on any atom is -0.495 e. The Kier molecular flexibility index (Phi) is 6.25. The summed E-state index contributed by atoms with van der Waals surface area (Å²) in [6.45, 7) is 1.80. The third kappa shape index (κ3) is 4.64. The van der Waals surface area contributed by atoms with Crippen molar-refractivity contribution in [2.75, 3.05) is 31.4 Å². The van der Waals surface area contributed by atoms with Crippen LogP contribution in [0, 0.1) is 6.92 Å². The lowest BCUT2D eigenvalue weighted by atomic mass is 10.1. The number of nitrogens with one attached hydrogen (secondary N) is 2. The third-order valence-electron chi connectivity index (χ3n) is 3.61. The summed E-state index contributed by atoms with van der Waals surface area (Å²) in [6.07, 6.45) is 0. The standard InChI is InChI=1S/C18H19ClN2O4/c1-11-13(18(23)25-3)5-4-6-14(11)20-10-17(22)21-15-9-12(19)7-8-16(15)24-2/h4-9,20H,10H2,1-3H3,(H,21,22). The van der Waals surface area contributed by atoms with E-state index in [1.807, 2.05) is 0 Å². The maximum absolute atomic E-state index is 12.2. The van der Waals surface area contributed by atoms with Crippen molar-refractivity contribution in [2.45, 2.75) is 6.92 Å². The first-order chi connectivity index (χ1) is 12.0. The minimum absolute atomic E-state index is 0.0150. The van der Waals surface area contributed by atoms with Crippen molar-refractivity contribution in [3.8, 4) is 5.75 Å². The van der Waals surface area contributed by atoms with Crippen molar-refractivity contribution in [3.63, 3.8) is 0 Å². The Morgan fingerprint density at radius 3 is 2.56 bits per heavy atom. The maximum atomic E-state index is 12.2. The SMILES string of the molecule is COC(=O)c1cccc(NCC(=O)Nc2cc(Cl)ccc2OC)c1C. The molecular weight excluding hydrogens is 344 g/mol. The number of carbonyl (C=O) groups excluding carboxylic acids is 2. The summed E-state index contributed by atoms with van der Waals surface area (Å²) < 4.78 is 9.93. The fraction of sp³-hybridized carbons (Fsp3) is 0.222. The van der Waals surface area contributed by atoms with E-state index in [1.165, 1.54) is 14.2 Å². The number of benzene rings is 2. The van der Waals surface area contributed by atoms with Gasteiger partial charge in [-0.15, -0.1) is 0 Å². The molecule has 2 aromatic rings. The number of hydrogen-bond donors (Lipinski definition) is 2. The summed E-state index contributed by atoms with van der Waals surface area (Å²) in [7, 11) is 2.84. The summed E-state index contributed by atoms with van der Waals surface area (Å²) >= 11 is 5.95. The van der Waals surface area contributed by atoms with Crippen LogP contribution in [0.5, 0.6) is 5.75 Å². The first kappa shape index (κ1) is 18.6. The van der Waals surface area contributed by atoms with Gasteiger partial charge in [0, 0.05) is 10.7 Å². The van der Waals surface area contributed by atoms with Crippen molar-refractivity contribution in [2.24, 2.45) is 0 Å². The van der Waals surface area contributed by atoms with Gasteiger partial charge >= 0.3 is 5.97 Å². The second kappa shape index (κ2) is 8.39. The molecule has 0 heterocycles. The Morgan fingerprint density at radius 1 is 1.12 bits per heavy atom. The number of anilines is 2. The van der Waals surface area contributed by atoms with Gasteiger partial charge in [0.25, 0.3) is 0 Å². The van der Waals surface area contributed by atoms with Crippen LogP contribution in [0.4, 0.5) is 11.4 Å². The molecule has 0 spiro atoms. The van der Waals surface area contributed by atoms with Crippen LogP contribution in [0.15, 0.2) is 36.4 Å². The van der Waals surface area contributed by atoms with Gasteiger partial charge in [-0.2, -0.15) is 0 Å². The Morgan fingerprint density at radius 2 is 1.88 bits per heavy atom. The zero-order valence-corrected chi connectivity index (χ0v) is 14.9. The maximum Gasteiger partial charge on any atom is 0.338 e. The Balaban J connectivity index is 2.06. The van der Waals surface area contributed by atoms with Crippen molar-refractivity contribution < 1.29 is 19.1 Å². The van der Waals surface area contributed by atoms with Gasteiger partial charge in [0.15, 0.2) is 0 Å². The minimum atomic E-state index is -0.422. The highest BCUT2D eigenvalue weighted by molar-refractivity contribution is 6.31. The van der Waals surface area contributed by atoms with Gasteiger partial charge < -0.3 is 20.1 Å². The second-order valence-electron chi connectivity index (χ2n) is 5.22. The Labute approximate surface area is 151 Å². The van der Waals surface area contributed by atoms with Gasteiger partial charge in [0.05, 0.1) is 32.0 Å². The number of ether oxygens (including phenoxy) is 2. The fourth-order valence-electron chi connectivity index (χ4n) is 2.31. The highest BCUT2D eigenvalue weighted by atomic mass is 35.5. The molecule has 0 aromatic heterocycles. The van der Waals surface area contributed by atoms with Crippen molar-refractivity contribution in [1.82, 2.24) is 0 Å². The lowest BCUT2D eigenvalue weighted by molar-refractivity contribution is -0.114. The molecule has 1 amide bonds. The molecular formula is C18H19ClN2O4. The van der Waals surface area contributed by atoms with Gasteiger partial charge in [0.1, 0.15) is 5.75 Å². The number of halogens is 1. The summed E-state index contributed by atoms with van der Waals surface area (Å²) in [5, 5.41) is 6.24. The smallest absolute Gasteiger partial charge is 0.338 e. The molecule has 0 bridgehead atoms. The fourth-order valence-corrected chi connectivity index (χ4v) is 2.48. The van der Waals surface area contributed by atoms with Crippen LogP contribution >= 0.6 is 11.6 Å². The van der Waals surface area contributed by atoms with E-state index in [0.29, 0.717) is 33.3 Å². The lowest BCUT2D eigenvalue weighted by Gasteiger charge is -2.13. The van der Waals surface area contributed by atoms with Crippen LogP contribution < -0.4 is 15.4 Å². The molecule has 0 aliphatic carbocycles. The number of carbonyl (C=O) groups is 2.